The molecule has 0 atom stereocenters. The number of ether oxygens (including phenoxy) is 2. The molecule has 1 amide bonds. The van der Waals surface area contributed by atoms with Crippen molar-refractivity contribution in [2.24, 2.45) is 0 Å². The number of hydrogen-bond acceptors (Lipinski definition) is 6. The van der Waals surface area contributed by atoms with E-state index < -0.39 is 0 Å². The lowest BCUT2D eigenvalue weighted by atomic mass is 10.3. The lowest BCUT2D eigenvalue weighted by Gasteiger charge is -2.09. The summed E-state index contributed by atoms with van der Waals surface area (Å²) in [5.41, 5.74) is 0.568. The molecule has 0 unspecified atom stereocenters. The standard InChI is InChI=1S/C16H19N3O4/c1-22-13-3-2-4-14(9-13)23-11-16(21)19-12-5-6-15(18-10-12)17-7-8-20/h2-6,9-10,20H,7-8,11H2,1H3,(H,17,18)(H,19,21). The van der Waals surface area contributed by atoms with Crippen LogP contribution < -0.4 is 20.1 Å². The molecule has 0 aliphatic heterocycles. The van der Waals surface area contributed by atoms with E-state index in [4.69, 9.17) is 14.6 Å². The van der Waals surface area contributed by atoms with Crippen LogP contribution in [-0.2, 0) is 4.79 Å². The Bertz CT molecular complexity index is 631. The highest BCUT2D eigenvalue weighted by Crippen LogP contribution is 2.18. The number of nitrogens with one attached hydrogen (secondary N) is 2. The predicted octanol–water partition coefficient (Wildman–Crippen LogP) is 1.51. The molecule has 1 aromatic heterocycles. The van der Waals surface area contributed by atoms with Gasteiger partial charge in [0.1, 0.15) is 17.3 Å². The van der Waals surface area contributed by atoms with E-state index in [0.717, 1.165) is 0 Å². The second-order valence-corrected chi connectivity index (χ2v) is 4.60. The Balaban J connectivity index is 1.82. The van der Waals surface area contributed by atoms with Gasteiger partial charge in [-0.25, -0.2) is 4.98 Å². The van der Waals surface area contributed by atoms with Crippen molar-refractivity contribution in [2.75, 3.05) is 37.5 Å². The maximum absolute atomic E-state index is 11.9. The summed E-state index contributed by atoms with van der Waals surface area (Å²) in [7, 11) is 1.57. The van der Waals surface area contributed by atoms with Crippen molar-refractivity contribution >= 4 is 17.4 Å². The Morgan fingerprint density at radius 1 is 1.26 bits per heavy atom. The van der Waals surface area contributed by atoms with Crippen LogP contribution in [0.3, 0.4) is 0 Å². The van der Waals surface area contributed by atoms with Gasteiger partial charge in [-0.2, -0.15) is 0 Å². The van der Waals surface area contributed by atoms with Crippen molar-refractivity contribution in [1.29, 1.82) is 0 Å². The molecule has 0 saturated carbocycles. The van der Waals surface area contributed by atoms with Gasteiger partial charge < -0.3 is 25.2 Å². The van der Waals surface area contributed by atoms with E-state index in [1.54, 1.807) is 43.5 Å². The van der Waals surface area contributed by atoms with Gasteiger partial charge in [-0.3, -0.25) is 4.79 Å². The van der Waals surface area contributed by atoms with Crippen LogP contribution in [0, 0.1) is 0 Å². The first-order valence-electron chi connectivity index (χ1n) is 7.09. The van der Waals surface area contributed by atoms with E-state index in [9.17, 15) is 4.79 Å². The molecule has 0 spiro atoms. The second kappa shape index (κ2) is 8.60. The molecule has 7 nitrogen and oxygen atoms in total. The predicted molar refractivity (Wildman–Crippen MR) is 86.9 cm³/mol. The summed E-state index contributed by atoms with van der Waals surface area (Å²) in [5, 5.41) is 14.3. The van der Waals surface area contributed by atoms with Gasteiger partial charge in [0.15, 0.2) is 6.61 Å². The van der Waals surface area contributed by atoms with Crippen molar-refractivity contribution < 1.29 is 19.4 Å². The number of rotatable bonds is 8. The number of aliphatic hydroxyl groups excluding tert-OH is 1. The van der Waals surface area contributed by atoms with E-state index in [0.29, 0.717) is 29.5 Å². The number of hydrogen-bond donors (Lipinski definition) is 3. The van der Waals surface area contributed by atoms with Gasteiger partial charge >= 0.3 is 0 Å². The first-order valence-corrected chi connectivity index (χ1v) is 7.09. The van der Waals surface area contributed by atoms with E-state index in [2.05, 4.69) is 15.6 Å². The molecular weight excluding hydrogens is 298 g/mol. The normalized spacial score (nSPS) is 10.0. The largest absolute Gasteiger partial charge is 0.497 e. The van der Waals surface area contributed by atoms with Crippen LogP contribution in [0.4, 0.5) is 11.5 Å². The number of aliphatic hydroxyl groups is 1. The van der Waals surface area contributed by atoms with Gasteiger partial charge in [-0.15, -0.1) is 0 Å². The van der Waals surface area contributed by atoms with Crippen molar-refractivity contribution in [3.63, 3.8) is 0 Å². The number of amides is 1. The molecule has 122 valence electrons. The molecule has 0 saturated heterocycles. The van der Waals surface area contributed by atoms with E-state index in [1.807, 2.05) is 0 Å². The lowest BCUT2D eigenvalue weighted by molar-refractivity contribution is -0.118. The smallest absolute Gasteiger partial charge is 0.262 e. The third-order valence-corrected chi connectivity index (χ3v) is 2.88. The summed E-state index contributed by atoms with van der Waals surface area (Å²) in [6, 6.07) is 10.5. The fraction of sp³-hybridized carbons (Fsp3) is 0.250. The fourth-order valence-electron chi connectivity index (χ4n) is 1.79. The molecule has 0 bridgehead atoms. The number of pyridine rings is 1. The number of methoxy groups -OCH3 is 1. The SMILES string of the molecule is COc1cccc(OCC(=O)Nc2ccc(NCCO)nc2)c1. The minimum absolute atomic E-state index is 0.0295. The molecule has 2 aromatic rings. The average molecular weight is 317 g/mol. The van der Waals surface area contributed by atoms with Crippen molar-refractivity contribution in [3.8, 4) is 11.5 Å². The highest BCUT2D eigenvalue weighted by Gasteiger charge is 2.05. The maximum atomic E-state index is 11.9. The summed E-state index contributed by atoms with van der Waals surface area (Å²) < 4.78 is 10.5. The molecule has 1 aromatic carbocycles. The molecule has 0 aliphatic rings. The Kier molecular flexibility index (Phi) is 6.19. The molecule has 23 heavy (non-hydrogen) atoms. The summed E-state index contributed by atoms with van der Waals surface area (Å²) in [6.07, 6.45) is 1.53. The van der Waals surface area contributed by atoms with Gasteiger partial charge in [0.25, 0.3) is 5.91 Å². The van der Waals surface area contributed by atoms with Crippen LogP contribution in [-0.4, -0.2) is 42.9 Å². The van der Waals surface area contributed by atoms with E-state index in [-0.39, 0.29) is 19.1 Å². The lowest BCUT2D eigenvalue weighted by Crippen LogP contribution is -2.20. The Labute approximate surface area is 134 Å². The van der Waals surface area contributed by atoms with Crippen LogP contribution in [0.25, 0.3) is 0 Å². The zero-order valence-corrected chi connectivity index (χ0v) is 12.8. The van der Waals surface area contributed by atoms with Crippen molar-refractivity contribution in [1.82, 2.24) is 4.98 Å². The minimum atomic E-state index is -0.286. The van der Waals surface area contributed by atoms with Crippen LogP contribution in [0.15, 0.2) is 42.6 Å². The number of anilines is 2. The Morgan fingerprint density at radius 2 is 2.09 bits per heavy atom. The molecule has 2 rings (SSSR count). The highest BCUT2D eigenvalue weighted by molar-refractivity contribution is 5.91. The third kappa shape index (κ3) is 5.48. The van der Waals surface area contributed by atoms with Crippen LogP contribution in [0.1, 0.15) is 0 Å². The van der Waals surface area contributed by atoms with Crippen LogP contribution >= 0.6 is 0 Å². The van der Waals surface area contributed by atoms with Gasteiger partial charge in [-0.05, 0) is 24.3 Å². The molecular formula is C16H19N3O4. The monoisotopic (exact) mass is 317 g/mol. The van der Waals surface area contributed by atoms with E-state index >= 15 is 0 Å². The van der Waals surface area contributed by atoms with Gasteiger partial charge in [0.05, 0.1) is 25.6 Å². The summed E-state index contributed by atoms with van der Waals surface area (Å²) in [4.78, 5) is 16.0. The topological polar surface area (TPSA) is 92.7 Å². The van der Waals surface area contributed by atoms with Crippen molar-refractivity contribution in [2.45, 2.75) is 0 Å². The number of benzene rings is 1. The molecule has 0 aliphatic carbocycles. The van der Waals surface area contributed by atoms with E-state index in [1.165, 1.54) is 6.20 Å². The Morgan fingerprint density at radius 3 is 2.78 bits per heavy atom. The third-order valence-electron chi connectivity index (χ3n) is 2.88. The maximum Gasteiger partial charge on any atom is 0.262 e. The summed E-state index contributed by atoms with van der Waals surface area (Å²) in [6.45, 7) is 0.340. The number of nitrogens with zero attached hydrogens (tertiary/aromatic N) is 1. The summed E-state index contributed by atoms with van der Waals surface area (Å²) in [5.74, 6) is 1.56. The van der Waals surface area contributed by atoms with Gasteiger partial charge in [-0.1, -0.05) is 6.07 Å². The second-order valence-electron chi connectivity index (χ2n) is 4.60. The van der Waals surface area contributed by atoms with Crippen LogP contribution in [0.2, 0.25) is 0 Å². The fourth-order valence-corrected chi connectivity index (χ4v) is 1.79. The first-order chi connectivity index (χ1) is 11.2. The summed E-state index contributed by atoms with van der Waals surface area (Å²) >= 11 is 0. The molecule has 0 radical (unpaired) electrons. The zero-order valence-electron chi connectivity index (χ0n) is 12.8. The number of carbonyl (C=O) groups is 1. The van der Waals surface area contributed by atoms with Gasteiger partial charge in [0.2, 0.25) is 0 Å². The molecule has 1 heterocycles. The average Bonchev–Trinajstić information content (AvgIpc) is 2.59. The van der Waals surface area contributed by atoms with Crippen LogP contribution in [0.5, 0.6) is 11.5 Å². The molecule has 3 N–H and O–H groups in total. The quantitative estimate of drug-likeness (QED) is 0.683. The minimum Gasteiger partial charge on any atom is -0.497 e. The number of aromatic nitrogens is 1. The Hall–Kier alpha value is -2.80. The highest BCUT2D eigenvalue weighted by atomic mass is 16.5. The molecule has 7 heteroatoms. The molecule has 0 fully saturated rings. The van der Waals surface area contributed by atoms with Crippen molar-refractivity contribution in [3.05, 3.63) is 42.6 Å². The number of carbonyl (C=O) groups excluding carboxylic acids is 1. The first kappa shape index (κ1) is 16.6. The van der Waals surface area contributed by atoms with Gasteiger partial charge in [0, 0.05) is 12.6 Å². The zero-order chi connectivity index (χ0) is 16.5.